The Morgan fingerprint density at radius 3 is 2.54 bits per heavy atom. The first kappa shape index (κ1) is 18.5. The lowest BCUT2D eigenvalue weighted by molar-refractivity contribution is -0.144. The van der Waals surface area contributed by atoms with Gasteiger partial charge >= 0.3 is 5.97 Å². The molecule has 6 nitrogen and oxygen atoms in total. The molecule has 0 amide bonds. The third-order valence-corrected chi connectivity index (χ3v) is 4.46. The van der Waals surface area contributed by atoms with Crippen molar-refractivity contribution in [1.82, 2.24) is 9.80 Å². The predicted molar refractivity (Wildman–Crippen MR) is 92.8 cm³/mol. The number of carbonyl (C=O) groups is 1. The van der Waals surface area contributed by atoms with E-state index >= 15 is 0 Å². The smallest absolute Gasteiger partial charge is 0.325 e. The summed E-state index contributed by atoms with van der Waals surface area (Å²) < 4.78 is 11.1. The van der Waals surface area contributed by atoms with Gasteiger partial charge in [0.15, 0.2) is 11.5 Å². The second kappa shape index (κ2) is 7.85. The van der Waals surface area contributed by atoms with E-state index in [1.807, 2.05) is 24.8 Å². The lowest BCUT2D eigenvalue weighted by Crippen LogP contribution is -2.52. The minimum absolute atomic E-state index is 0.0129. The molecule has 1 aliphatic heterocycles. The summed E-state index contributed by atoms with van der Waals surface area (Å²) in [4.78, 5) is 16.2. The van der Waals surface area contributed by atoms with E-state index in [-0.39, 0.29) is 6.10 Å². The number of nitrogens with zero attached hydrogens (tertiary/aromatic N) is 2. The van der Waals surface area contributed by atoms with Crippen molar-refractivity contribution in [3.63, 3.8) is 0 Å². The van der Waals surface area contributed by atoms with Crippen LogP contribution in [-0.2, 0) is 4.79 Å². The van der Waals surface area contributed by atoms with Gasteiger partial charge in [-0.25, -0.2) is 0 Å². The van der Waals surface area contributed by atoms with Gasteiger partial charge in [-0.3, -0.25) is 9.69 Å². The van der Waals surface area contributed by atoms with Gasteiger partial charge < -0.3 is 19.5 Å². The van der Waals surface area contributed by atoms with E-state index in [0.29, 0.717) is 17.5 Å². The van der Waals surface area contributed by atoms with Crippen molar-refractivity contribution in [2.45, 2.75) is 39.0 Å². The molecule has 0 radical (unpaired) electrons. The summed E-state index contributed by atoms with van der Waals surface area (Å²) in [6.07, 6.45) is -0.0129. The van der Waals surface area contributed by atoms with Gasteiger partial charge in [0.05, 0.1) is 13.2 Å². The fraction of sp³-hybridized carbons (Fsp3) is 0.611. The number of likely N-dealkylation sites (N-methyl/N-ethyl adjacent to an activating group) is 1. The highest BCUT2D eigenvalue weighted by Gasteiger charge is 2.32. The third-order valence-electron chi connectivity index (χ3n) is 4.46. The first-order chi connectivity index (χ1) is 11.3. The number of aliphatic carboxylic acids is 1. The molecule has 2 rings (SSSR count). The van der Waals surface area contributed by atoms with Crippen LogP contribution in [0.25, 0.3) is 0 Å². The van der Waals surface area contributed by atoms with Crippen LogP contribution in [-0.4, -0.2) is 66.8 Å². The van der Waals surface area contributed by atoms with E-state index in [1.165, 1.54) is 0 Å². The van der Waals surface area contributed by atoms with Gasteiger partial charge in [0.25, 0.3) is 0 Å². The normalized spacial score (nSPS) is 20.8. The minimum atomic E-state index is -0.840. The van der Waals surface area contributed by atoms with Crippen LogP contribution in [0.3, 0.4) is 0 Å². The summed E-state index contributed by atoms with van der Waals surface area (Å²) in [7, 11) is 3.65. The van der Waals surface area contributed by atoms with Gasteiger partial charge in [0.2, 0.25) is 0 Å². The van der Waals surface area contributed by atoms with Crippen LogP contribution in [0.2, 0.25) is 0 Å². The molecule has 6 heteroatoms. The largest absolute Gasteiger partial charge is 0.493 e. The molecule has 2 atom stereocenters. The highest BCUT2D eigenvalue weighted by atomic mass is 16.5. The van der Waals surface area contributed by atoms with Crippen molar-refractivity contribution < 1.29 is 19.4 Å². The lowest BCUT2D eigenvalue weighted by Gasteiger charge is -2.40. The van der Waals surface area contributed by atoms with Crippen molar-refractivity contribution in [2.75, 3.05) is 33.8 Å². The van der Waals surface area contributed by atoms with Crippen LogP contribution >= 0.6 is 0 Å². The Balaban J connectivity index is 2.32. The van der Waals surface area contributed by atoms with Crippen LogP contribution < -0.4 is 9.47 Å². The Morgan fingerprint density at radius 2 is 2.00 bits per heavy atom. The molecule has 0 saturated carbocycles. The fourth-order valence-corrected chi connectivity index (χ4v) is 3.03. The lowest BCUT2D eigenvalue weighted by atomic mass is 10.0. The van der Waals surface area contributed by atoms with E-state index in [1.54, 1.807) is 19.2 Å². The van der Waals surface area contributed by atoms with Crippen LogP contribution in [0.4, 0.5) is 0 Å². The molecule has 0 bridgehead atoms. The molecular weight excluding hydrogens is 308 g/mol. The number of piperazine rings is 1. The monoisotopic (exact) mass is 336 g/mol. The van der Waals surface area contributed by atoms with Crippen molar-refractivity contribution in [3.8, 4) is 11.5 Å². The van der Waals surface area contributed by atoms with Crippen molar-refractivity contribution >= 4 is 5.97 Å². The molecule has 0 spiro atoms. The van der Waals surface area contributed by atoms with E-state index in [2.05, 4.69) is 18.9 Å². The highest BCUT2D eigenvalue weighted by Crippen LogP contribution is 2.33. The number of rotatable bonds is 6. The molecule has 134 valence electrons. The number of ether oxygens (including phenoxy) is 2. The maximum absolute atomic E-state index is 11.9. The zero-order valence-electron chi connectivity index (χ0n) is 15.2. The Hall–Kier alpha value is -1.79. The number of hydrogen-bond donors (Lipinski definition) is 1. The molecular formula is C18H28N2O4. The van der Waals surface area contributed by atoms with Gasteiger partial charge in [-0.05, 0) is 45.5 Å². The van der Waals surface area contributed by atoms with Crippen LogP contribution in [0.1, 0.15) is 32.4 Å². The quantitative estimate of drug-likeness (QED) is 0.860. The molecule has 1 saturated heterocycles. The number of hydrogen-bond acceptors (Lipinski definition) is 5. The molecule has 2 unspecified atom stereocenters. The summed E-state index contributed by atoms with van der Waals surface area (Å²) in [5.41, 5.74) is 0.718. The Bertz CT molecular complexity index is 576. The zero-order valence-corrected chi connectivity index (χ0v) is 15.2. The van der Waals surface area contributed by atoms with E-state index in [9.17, 15) is 9.90 Å². The maximum Gasteiger partial charge on any atom is 0.325 e. The number of benzene rings is 1. The molecule has 1 aliphatic rings. The molecule has 0 aliphatic carbocycles. The number of carboxylic acids is 1. The first-order valence-corrected chi connectivity index (χ1v) is 8.35. The molecule has 1 fully saturated rings. The fourth-order valence-electron chi connectivity index (χ4n) is 3.03. The second-order valence-corrected chi connectivity index (χ2v) is 6.64. The first-order valence-electron chi connectivity index (χ1n) is 8.35. The zero-order chi connectivity index (χ0) is 17.9. The van der Waals surface area contributed by atoms with Gasteiger partial charge in [-0.1, -0.05) is 6.07 Å². The minimum Gasteiger partial charge on any atom is -0.493 e. The Kier molecular flexibility index (Phi) is 6.07. The van der Waals surface area contributed by atoms with Gasteiger partial charge in [-0.2, -0.15) is 0 Å². The maximum atomic E-state index is 11.9. The van der Waals surface area contributed by atoms with Crippen LogP contribution in [0, 0.1) is 0 Å². The van der Waals surface area contributed by atoms with E-state index < -0.39 is 12.0 Å². The van der Waals surface area contributed by atoms with Gasteiger partial charge in [-0.15, -0.1) is 0 Å². The number of carboxylic acid groups (broad SMARTS) is 1. The van der Waals surface area contributed by atoms with Crippen LogP contribution in [0.5, 0.6) is 11.5 Å². The summed E-state index contributed by atoms with van der Waals surface area (Å²) in [6, 6.07) is 5.03. The third kappa shape index (κ3) is 4.19. The molecule has 1 N–H and O–H groups in total. The average molecular weight is 336 g/mol. The molecule has 24 heavy (non-hydrogen) atoms. The van der Waals surface area contributed by atoms with Crippen molar-refractivity contribution in [2.24, 2.45) is 0 Å². The average Bonchev–Trinajstić information content (AvgIpc) is 2.50. The highest BCUT2D eigenvalue weighted by molar-refractivity contribution is 5.76. The molecule has 1 heterocycles. The Labute approximate surface area is 144 Å². The topological polar surface area (TPSA) is 62.2 Å². The molecule has 0 aromatic heterocycles. The van der Waals surface area contributed by atoms with Crippen molar-refractivity contribution in [1.29, 1.82) is 0 Å². The summed E-state index contributed by atoms with van der Waals surface area (Å²) in [5, 5.41) is 9.80. The van der Waals surface area contributed by atoms with Crippen LogP contribution in [0.15, 0.2) is 18.2 Å². The summed E-state index contributed by atoms with van der Waals surface area (Å²) in [6.45, 7) is 8.29. The standard InChI is InChI=1S/C18H28N2O4/c1-12(2)24-16-10-14(6-7-15(16)23-5)17(18(21)22)20-9-8-19(4)13(3)11-20/h6-7,10,12-13,17H,8-9,11H2,1-5H3,(H,21,22). The Morgan fingerprint density at radius 1 is 1.29 bits per heavy atom. The molecule has 1 aromatic rings. The predicted octanol–water partition coefficient (Wildman–Crippen LogP) is 2.24. The van der Waals surface area contributed by atoms with Gasteiger partial charge in [0.1, 0.15) is 6.04 Å². The summed E-state index contributed by atoms with van der Waals surface area (Å²) >= 11 is 0. The van der Waals surface area contributed by atoms with Gasteiger partial charge in [0, 0.05) is 25.7 Å². The van der Waals surface area contributed by atoms with E-state index in [4.69, 9.17) is 9.47 Å². The van der Waals surface area contributed by atoms with Crippen molar-refractivity contribution in [3.05, 3.63) is 23.8 Å². The second-order valence-electron chi connectivity index (χ2n) is 6.64. The molecule has 1 aromatic carbocycles. The SMILES string of the molecule is COc1ccc(C(C(=O)O)N2CCN(C)C(C)C2)cc1OC(C)C. The number of methoxy groups -OCH3 is 1. The van der Waals surface area contributed by atoms with E-state index in [0.717, 1.165) is 25.2 Å². The summed E-state index contributed by atoms with van der Waals surface area (Å²) in [5.74, 6) is 0.356.